The van der Waals surface area contributed by atoms with Crippen LogP contribution in [0.15, 0.2) is 33.6 Å². The first-order valence-electron chi connectivity index (χ1n) is 7.92. The van der Waals surface area contributed by atoms with Crippen molar-refractivity contribution in [3.8, 4) is 11.5 Å². The molecular formula is C16H17N5O2S. The second-order valence-corrected chi connectivity index (χ2v) is 6.59. The van der Waals surface area contributed by atoms with E-state index in [1.165, 1.54) is 0 Å². The number of imidazole rings is 1. The smallest absolute Gasteiger partial charge is 0.248 e. The minimum absolute atomic E-state index is 0.0128. The van der Waals surface area contributed by atoms with Gasteiger partial charge in [0, 0.05) is 55.2 Å². The van der Waals surface area contributed by atoms with Crippen molar-refractivity contribution in [1.29, 1.82) is 0 Å². The van der Waals surface area contributed by atoms with Crippen molar-refractivity contribution in [2.45, 2.75) is 38.3 Å². The first-order valence-corrected chi connectivity index (χ1v) is 8.86. The second-order valence-electron chi connectivity index (χ2n) is 5.81. The molecule has 1 N–H and O–H groups in total. The number of nitrogens with one attached hydrogen (secondary N) is 1. The third-order valence-electron chi connectivity index (χ3n) is 4.10. The van der Waals surface area contributed by atoms with E-state index in [2.05, 4.69) is 25.1 Å². The van der Waals surface area contributed by atoms with Crippen molar-refractivity contribution in [1.82, 2.24) is 25.1 Å². The average molecular weight is 343 g/mol. The summed E-state index contributed by atoms with van der Waals surface area (Å²) in [5.41, 5.74) is 0.918. The number of carbonyl (C=O) groups is 1. The van der Waals surface area contributed by atoms with E-state index in [9.17, 15) is 4.79 Å². The Bertz CT molecular complexity index is 823. The number of rotatable bonds is 5. The van der Waals surface area contributed by atoms with Gasteiger partial charge in [-0.3, -0.25) is 4.79 Å². The zero-order valence-corrected chi connectivity index (χ0v) is 13.8. The number of aryl methyl sites for hydroxylation is 2. The van der Waals surface area contributed by atoms with Crippen molar-refractivity contribution in [3.05, 3.63) is 40.9 Å². The van der Waals surface area contributed by atoms with Crippen LogP contribution in [0.25, 0.3) is 11.5 Å². The number of carbonyl (C=O) groups excluding carboxylic acids is 1. The highest BCUT2D eigenvalue weighted by atomic mass is 32.1. The van der Waals surface area contributed by atoms with Gasteiger partial charge in [-0.25, -0.2) is 4.98 Å². The highest BCUT2D eigenvalue weighted by Gasteiger charge is 2.20. The standard InChI is InChI=1S/C16H17N5O2S/c22-14(18-12-1-2-13-17-6-7-21(13)9-12)3-4-15-19-20-16(23-15)11-5-8-24-10-11/h5-8,10,12H,1-4,9H2,(H,18,22)/t12-/m1/s1. The second kappa shape index (κ2) is 6.56. The van der Waals surface area contributed by atoms with Crippen LogP contribution in [-0.4, -0.2) is 31.7 Å². The molecule has 3 aromatic heterocycles. The monoisotopic (exact) mass is 343 g/mol. The lowest BCUT2D eigenvalue weighted by molar-refractivity contribution is -0.122. The van der Waals surface area contributed by atoms with Crippen LogP contribution in [0.2, 0.25) is 0 Å². The minimum Gasteiger partial charge on any atom is -0.421 e. The van der Waals surface area contributed by atoms with E-state index >= 15 is 0 Å². The molecular weight excluding hydrogens is 326 g/mol. The number of hydrogen-bond acceptors (Lipinski definition) is 6. The van der Waals surface area contributed by atoms with E-state index in [-0.39, 0.29) is 11.9 Å². The van der Waals surface area contributed by atoms with Crippen LogP contribution in [0.5, 0.6) is 0 Å². The number of nitrogens with zero attached hydrogens (tertiary/aromatic N) is 4. The van der Waals surface area contributed by atoms with Crippen molar-refractivity contribution in [2.24, 2.45) is 0 Å². The molecule has 0 saturated heterocycles. The predicted molar refractivity (Wildman–Crippen MR) is 88.4 cm³/mol. The van der Waals surface area contributed by atoms with Gasteiger partial charge >= 0.3 is 0 Å². The van der Waals surface area contributed by atoms with Crippen LogP contribution in [-0.2, 0) is 24.2 Å². The summed E-state index contributed by atoms with van der Waals surface area (Å²) < 4.78 is 7.69. The summed E-state index contributed by atoms with van der Waals surface area (Å²) in [6, 6.07) is 2.09. The zero-order chi connectivity index (χ0) is 16.4. The Kier molecular flexibility index (Phi) is 4.12. The Hall–Kier alpha value is -2.48. The van der Waals surface area contributed by atoms with Gasteiger partial charge in [-0.15, -0.1) is 10.2 Å². The first kappa shape index (κ1) is 15.1. The van der Waals surface area contributed by atoms with Gasteiger partial charge in [-0.1, -0.05) is 0 Å². The van der Waals surface area contributed by atoms with E-state index in [1.54, 1.807) is 17.5 Å². The number of thiophene rings is 1. The van der Waals surface area contributed by atoms with Gasteiger partial charge in [-0.2, -0.15) is 11.3 Å². The molecule has 0 spiro atoms. The molecule has 24 heavy (non-hydrogen) atoms. The number of fused-ring (bicyclic) bond motifs is 1. The Labute approximate surface area is 142 Å². The number of aromatic nitrogens is 4. The van der Waals surface area contributed by atoms with E-state index in [0.717, 1.165) is 30.8 Å². The van der Waals surface area contributed by atoms with Gasteiger partial charge in [-0.05, 0) is 17.9 Å². The Morgan fingerprint density at radius 2 is 2.42 bits per heavy atom. The van der Waals surface area contributed by atoms with Crippen LogP contribution in [0.1, 0.15) is 24.6 Å². The maximum atomic E-state index is 12.1. The molecule has 4 heterocycles. The van der Waals surface area contributed by atoms with E-state index in [4.69, 9.17) is 4.42 Å². The molecule has 8 heteroatoms. The highest BCUT2D eigenvalue weighted by molar-refractivity contribution is 7.08. The zero-order valence-electron chi connectivity index (χ0n) is 13.0. The maximum Gasteiger partial charge on any atom is 0.248 e. The average Bonchev–Trinajstić information content (AvgIpc) is 3.32. The molecule has 0 aromatic carbocycles. The van der Waals surface area contributed by atoms with Crippen molar-refractivity contribution in [3.63, 3.8) is 0 Å². The van der Waals surface area contributed by atoms with E-state index in [0.29, 0.717) is 24.6 Å². The summed E-state index contributed by atoms with van der Waals surface area (Å²) in [5.74, 6) is 2.10. The maximum absolute atomic E-state index is 12.1. The fraction of sp³-hybridized carbons (Fsp3) is 0.375. The third-order valence-corrected chi connectivity index (χ3v) is 4.78. The summed E-state index contributed by atoms with van der Waals surface area (Å²) in [5, 5.41) is 15.0. The fourth-order valence-corrected chi connectivity index (χ4v) is 3.49. The third kappa shape index (κ3) is 3.23. The lowest BCUT2D eigenvalue weighted by atomic mass is 10.1. The minimum atomic E-state index is 0.0128. The topological polar surface area (TPSA) is 85.8 Å². The molecule has 4 rings (SSSR count). The molecule has 1 aliphatic heterocycles. The largest absolute Gasteiger partial charge is 0.421 e. The molecule has 0 saturated carbocycles. The Balaban J connectivity index is 1.28. The quantitative estimate of drug-likeness (QED) is 0.766. The lowest BCUT2D eigenvalue weighted by Gasteiger charge is -2.24. The van der Waals surface area contributed by atoms with Gasteiger partial charge in [0.1, 0.15) is 5.82 Å². The molecule has 0 bridgehead atoms. The Morgan fingerprint density at radius 3 is 3.29 bits per heavy atom. The molecule has 0 aliphatic carbocycles. The molecule has 1 atom stereocenters. The summed E-state index contributed by atoms with van der Waals surface area (Å²) in [6.07, 6.45) is 6.38. The van der Waals surface area contributed by atoms with Crippen molar-refractivity contribution >= 4 is 17.2 Å². The Morgan fingerprint density at radius 1 is 1.46 bits per heavy atom. The summed E-state index contributed by atoms with van der Waals surface area (Å²) in [7, 11) is 0. The van der Waals surface area contributed by atoms with Crippen LogP contribution >= 0.6 is 11.3 Å². The SMILES string of the molecule is O=C(CCc1nnc(-c2ccsc2)o1)N[C@@H]1CCc2nccn2C1. The molecule has 0 radical (unpaired) electrons. The van der Waals surface area contributed by atoms with Gasteiger partial charge in [0.05, 0.1) is 0 Å². The van der Waals surface area contributed by atoms with Gasteiger partial charge < -0.3 is 14.3 Å². The number of hydrogen-bond donors (Lipinski definition) is 1. The van der Waals surface area contributed by atoms with Crippen LogP contribution in [0.3, 0.4) is 0 Å². The van der Waals surface area contributed by atoms with E-state index in [1.807, 2.05) is 23.0 Å². The molecule has 1 amide bonds. The lowest BCUT2D eigenvalue weighted by Crippen LogP contribution is -2.41. The summed E-state index contributed by atoms with van der Waals surface area (Å²) in [4.78, 5) is 16.4. The van der Waals surface area contributed by atoms with Gasteiger partial charge in [0.2, 0.25) is 17.7 Å². The highest BCUT2D eigenvalue weighted by Crippen LogP contribution is 2.20. The molecule has 3 aromatic rings. The molecule has 7 nitrogen and oxygen atoms in total. The van der Waals surface area contributed by atoms with Crippen LogP contribution in [0.4, 0.5) is 0 Å². The number of amides is 1. The molecule has 0 unspecified atom stereocenters. The van der Waals surface area contributed by atoms with Crippen LogP contribution < -0.4 is 5.32 Å². The summed E-state index contributed by atoms with van der Waals surface area (Å²) in [6.45, 7) is 0.782. The van der Waals surface area contributed by atoms with Crippen LogP contribution in [0, 0.1) is 0 Å². The fourth-order valence-electron chi connectivity index (χ4n) is 2.86. The molecule has 124 valence electrons. The van der Waals surface area contributed by atoms with E-state index < -0.39 is 0 Å². The normalized spacial score (nSPS) is 16.8. The predicted octanol–water partition coefficient (Wildman–Crippen LogP) is 2.06. The first-order chi connectivity index (χ1) is 11.8. The van der Waals surface area contributed by atoms with Crippen molar-refractivity contribution in [2.75, 3.05) is 0 Å². The summed E-state index contributed by atoms with van der Waals surface area (Å²) >= 11 is 1.58. The molecule has 0 fully saturated rings. The van der Waals surface area contributed by atoms with Gasteiger partial charge in [0.25, 0.3) is 0 Å². The van der Waals surface area contributed by atoms with Gasteiger partial charge in [0.15, 0.2) is 0 Å². The molecule has 1 aliphatic rings. The van der Waals surface area contributed by atoms with Crippen molar-refractivity contribution < 1.29 is 9.21 Å².